The van der Waals surface area contributed by atoms with E-state index in [4.69, 9.17) is 4.74 Å². The van der Waals surface area contributed by atoms with Crippen molar-refractivity contribution in [3.63, 3.8) is 0 Å². The summed E-state index contributed by atoms with van der Waals surface area (Å²) in [5.41, 5.74) is 0.759. The standard InChI is InChI=1S/C21H21N3O6/c1-30-18(14-10-6-3-7-11-14)17(21(27)28)24-12-15(20(24)26)22-19(25)16(23-29)13-8-4-2-5-9-13/h2-11,15,17-18,29H,12H2,1H3,(H,22,25)(H,27,28)/b23-16+. The van der Waals surface area contributed by atoms with E-state index in [1.807, 2.05) is 0 Å². The van der Waals surface area contributed by atoms with Gasteiger partial charge in [-0.2, -0.15) is 0 Å². The molecule has 3 atom stereocenters. The van der Waals surface area contributed by atoms with Gasteiger partial charge < -0.3 is 25.3 Å². The van der Waals surface area contributed by atoms with Crippen LogP contribution in [0.15, 0.2) is 65.8 Å². The highest BCUT2D eigenvalue weighted by atomic mass is 16.5. The zero-order valence-electron chi connectivity index (χ0n) is 16.1. The Balaban J connectivity index is 1.71. The van der Waals surface area contributed by atoms with Gasteiger partial charge in [0.25, 0.3) is 5.91 Å². The zero-order valence-corrected chi connectivity index (χ0v) is 16.1. The molecular formula is C21H21N3O6. The van der Waals surface area contributed by atoms with Gasteiger partial charge in [0.15, 0.2) is 11.8 Å². The van der Waals surface area contributed by atoms with Crippen LogP contribution in [0.4, 0.5) is 0 Å². The van der Waals surface area contributed by atoms with Gasteiger partial charge >= 0.3 is 5.97 Å². The van der Waals surface area contributed by atoms with Crippen LogP contribution in [0.25, 0.3) is 0 Å². The number of likely N-dealkylation sites (tertiary alicyclic amines) is 1. The van der Waals surface area contributed by atoms with Crippen LogP contribution >= 0.6 is 0 Å². The lowest BCUT2D eigenvalue weighted by molar-refractivity contribution is -0.166. The van der Waals surface area contributed by atoms with E-state index in [0.29, 0.717) is 11.1 Å². The Bertz CT molecular complexity index is 948. The maximum Gasteiger partial charge on any atom is 0.329 e. The maximum atomic E-state index is 12.6. The van der Waals surface area contributed by atoms with Crippen molar-refractivity contribution in [2.75, 3.05) is 13.7 Å². The fourth-order valence-electron chi connectivity index (χ4n) is 3.38. The quantitative estimate of drug-likeness (QED) is 0.258. The van der Waals surface area contributed by atoms with Gasteiger partial charge in [-0.05, 0) is 5.56 Å². The van der Waals surface area contributed by atoms with E-state index in [1.165, 1.54) is 7.11 Å². The van der Waals surface area contributed by atoms with Gasteiger partial charge in [-0.3, -0.25) is 9.59 Å². The predicted molar refractivity (Wildman–Crippen MR) is 106 cm³/mol. The Labute approximate surface area is 172 Å². The first-order valence-corrected chi connectivity index (χ1v) is 9.17. The van der Waals surface area contributed by atoms with Crippen LogP contribution in [-0.2, 0) is 19.1 Å². The first-order chi connectivity index (χ1) is 14.5. The predicted octanol–water partition coefficient (Wildman–Crippen LogP) is 1.03. The number of aliphatic carboxylic acids is 1. The third-order valence-electron chi connectivity index (χ3n) is 4.89. The molecule has 0 bridgehead atoms. The van der Waals surface area contributed by atoms with Crippen molar-refractivity contribution in [1.82, 2.24) is 10.2 Å². The second-order valence-electron chi connectivity index (χ2n) is 6.68. The Kier molecular flexibility index (Phi) is 6.43. The van der Waals surface area contributed by atoms with E-state index >= 15 is 0 Å². The summed E-state index contributed by atoms with van der Waals surface area (Å²) in [6.07, 6.45) is -0.872. The number of benzene rings is 2. The number of oxime groups is 1. The van der Waals surface area contributed by atoms with Gasteiger partial charge in [-0.1, -0.05) is 65.8 Å². The number of hydrogen-bond donors (Lipinski definition) is 3. The van der Waals surface area contributed by atoms with E-state index in [1.54, 1.807) is 60.7 Å². The lowest BCUT2D eigenvalue weighted by Gasteiger charge is -2.44. The fourth-order valence-corrected chi connectivity index (χ4v) is 3.38. The molecule has 0 aliphatic carbocycles. The summed E-state index contributed by atoms with van der Waals surface area (Å²) in [6.45, 7) is -0.0122. The van der Waals surface area contributed by atoms with Gasteiger partial charge in [0.05, 0.1) is 6.54 Å². The minimum absolute atomic E-state index is 0.0122. The molecule has 2 aromatic rings. The monoisotopic (exact) mass is 411 g/mol. The van der Waals surface area contributed by atoms with Gasteiger partial charge in [-0.15, -0.1) is 0 Å². The first-order valence-electron chi connectivity index (χ1n) is 9.17. The molecule has 0 spiro atoms. The Morgan fingerprint density at radius 3 is 2.23 bits per heavy atom. The number of carboxylic acid groups (broad SMARTS) is 1. The van der Waals surface area contributed by atoms with Crippen LogP contribution in [0.2, 0.25) is 0 Å². The summed E-state index contributed by atoms with van der Waals surface area (Å²) < 4.78 is 5.38. The molecule has 1 aliphatic heterocycles. The third-order valence-corrected chi connectivity index (χ3v) is 4.89. The SMILES string of the molecule is COC(c1ccccc1)C(C(=O)O)N1CC(NC(=O)/C(=N/O)c2ccccc2)C1=O. The Morgan fingerprint density at radius 1 is 1.13 bits per heavy atom. The molecule has 30 heavy (non-hydrogen) atoms. The molecule has 1 saturated heterocycles. The van der Waals surface area contributed by atoms with Crippen LogP contribution in [-0.4, -0.2) is 64.4 Å². The average Bonchev–Trinajstić information content (AvgIpc) is 2.76. The molecule has 156 valence electrons. The summed E-state index contributed by atoms with van der Waals surface area (Å²) in [6, 6.07) is 14.8. The van der Waals surface area contributed by atoms with Crippen molar-refractivity contribution in [2.45, 2.75) is 18.2 Å². The molecule has 3 rings (SSSR count). The van der Waals surface area contributed by atoms with Crippen LogP contribution in [0, 0.1) is 0 Å². The highest BCUT2D eigenvalue weighted by molar-refractivity contribution is 6.45. The number of nitrogens with zero attached hydrogens (tertiary/aromatic N) is 2. The largest absolute Gasteiger partial charge is 0.480 e. The van der Waals surface area contributed by atoms with E-state index in [2.05, 4.69) is 10.5 Å². The number of nitrogens with one attached hydrogen (secondary N) is 1. The van der Waals surface area contributed by atoms with E-state index in [9.17, 15) is 24.7 Å². The second-order valence-corrected chi connectivity index (χ2v) is 6.68. The highest BCUT2D eigenvalue weighted by Gasteiger charge is 2.48. The summed E-state index contributed by atoms with van der Waals surface area (Å²) in [5, 5.41) is 24.4. The summed E-state index contributed by atoms with van der Waals surface area (Å²) >= 11 is 0. The van der Waals surface area contributed by atoms with Gasteiger partial charge in [-0.25, -0.2) is 4.79 Å². The molecule has 2 aromatic carbocycles. The van der Waals surface area contributed by atoms with Crippen molar-refractivity contribution < 1.29 is 29.4 Å². The molecule has 0 aromatic heterocycles. The molecule has 3 N–H and O–H groups in total. The topological polar surface area (TPSA) is 129 Å². The van der Waals surface area contributed by atoms with Crippen LogP contribution < -0.4 is 5.32 Å². The number of carbonyl (C=O) groups is 3. The normalized spacial score (nSPS) is 18.3. The molecule has 2 amide bonds. The van der Waals surface area contributed by atoms with Crippen molar-refractivity contribution in [3.05, 3.63) is 71.8 Å². The Morgan fingerprint density at radius 2 is 1.73 bits per heavy atom. The maximum absolute atomic E-state index is 12.6. The van der Waals surface area contributed by atoms with Crippen molar-refractivity contribution >= 4 is 23.5 Å². The summed E-state index contributed by atoms with van der Waals surface area (Å²) in [4.78, 5) is 38.1. The first kappa shape index (κ1) is 21.0. The minimum Gasteiger partial charge on any atom is -0.480 e. The lowest BCUT2D eigenvalue weighted by Crippen LogP contribution is -2.69. The fraction of sp³-hybridized carbons (Fsp3) is 0.238. The van der Waals surface area contributed by atoms with Crippen molar-refractivity contribution in [1.29, 1.82) is 0 Å². The smallest absolute Gasteiger partial charge is 0.329 e. The van der Waals surface area contributed by atoms with Crippen LogP contribution in [0.3, 0.4) is 0 Å². The second kappa shape index (κ2) is 9.19. The summed E-state index contributed by atoms with van der Waals surface area (Å²) in [7, 11) is 1.38. The van der Waals surface area contributed by atoms with Crippen LogP contribution in [0.5, 0.6) is 0 Å². The molecule has 0 radical (unpaired) electrons. The molecule has 1 fully saturated rings. The molecule has 3 unspecified atom stereocenters. The lowest BCUT2D eigenvalue weighted by atomic mass is 9.95. The molecule has 9 heteroatoms. The number of methoxy groups -OCH3 is 1. The van der Waals surface area contributed by atoms with Gasteiger partial charge in [0.1, 0.15) is 12.1 Å². The minimum atomic E-state index is -1.25. The summed E-state index contributed by atoms with van der Waals surface area (Å²) in [5.74, 6) is -2.51. The van der Waals surface area contributed by atoms with E-state index in [-0.39, 0.29) is 12.3 Å². The van der Waals surface area contributed by atoms with E-state index in [0.717, 1.165) is 4.90 Å². The van der Waals surface area contributed by atoms with Crippen molar-refractivity contribution in [2.24, 2.45) is 5.16 Å². The Hall–Kier alpha value is -3.72. The number of β-lactam (4-membered cyclic amide) rings is 1. The zero-order chi connectivity index (χ0) is 21.7. The molecule has 9 nitrogen and oxygen atoms in total. The van der Waals surface area contributed by atoms with Crippen LogP contribution in [0.1, 0.15) is 17.2 Å². The highest BCUT2D eigenvalue weighted by Crippen LogP contribution is 2.28. The number of carbonyl (C=O) groups excluding carboxylic acids is 2. The van der Waals surface area contributed by atoms with Gasteiger partial charge in [0, 0.05) is 12.7 Å². The van der Waals surface area contributed by atoms with Gasteiger partial charge in [0.2, 0.25) is 5.91 Å². The number of hydrogen-bond acceptors (Lipinski definition) is 6. The average molecular weight is 411 g/mol. The third kappa shape index (κ3) is 4.15. The molecule has 0 saturated carbocycles. The number of ether oxygens (including phenoxy) is 1. The number of amides is 2. The molecular weight excluding hydrogens is 390 g/mol. The number of carboxylic acids is 1. The molecule has 1 aliphatic rings. The number of rotatable bonds is 8. The molecule has 1 heterocycles. The van der Waals surface area contributed by atoms with Crippen molar-refractivity contribution in [3.8, 4) is 0 Å². The van der Waals surface area contributed by atoms with E-state index < -0.39 is 36.0 Å².